The Hall–Kier alpha value is -13.1. The Bertz CT molecular complexity index is 7530. The van der Waals surface area contributed by atoms with Crippen molar-refractivity contribution in [3.8, 4) is 0 Å². The van der Waals surface area contributed by atoms with E-state index in [1.54, 1.807) is 125 Å². The third kappa shape index (κ3) is 21.5. The number of rotatable bonds is 29. The van der Waals surface area contributed by atoms with Gasteiger partial charge in [0.1, 0.15) is 13.1 Å². The number of carboxylic acid groups (broad SMARTS) is 3. The van der Waals surface area contributed by atoms with Crippen LogP contribution in [0.5, 0.6) is 0 Å². The van der Waals surface area contributed by atoms with Crippen LogP contribution < -0.4 is 39.3 Å². The fourth-order valence-corrected chi connectivity index (χ4v) is 22.9. The molecule has 0 saturated heterocycles. The molecule has 6 aliphatic heterocycles. The van der Waals surface area contributed by atoms with Crippen molar-refractivity contribution in [3.63, 3.8) is 0 Å². The Kier molecular flexibility index (Phi) is 28.7. The number of fused-ring (bicyclic) bond motifs is 6. The third-order valence-corrected chi connectivity index (χ3v) is 30.6. The summed E-state index contributed by atoms with van der Waals surface area (Å²) in [5.41, 5.74) is 10.4. The van der Waals surface area contributed by atoms with E-state index in [4.69, 9.17) is 15.4 Å². The summed E-state index contributed by atoms with van der Waals surface area (Å²) in [6, 6.07) is 65.0. The first-order valence-electron chi connectivity index (χ1n) is 43.1. The summed E-state index contributed by atoms with van der Waals surface area (Å²) in [5.74, 6) is -5.35. The molecule has 9 aromatic carbocycles. The molecule has 15 rings (SSSR count). The number of sulfonamides is 3. The second kappa shape index (κ2) is 38.8. The van der Waals surface area contributed by atoms with Crippen molar-refractivity contribution in [1.82, 2.24) is 9.15 Å². The smallest absolute Gasteiger partial charge is 0.370 e. The van der Waals surface area contributed by atoms with Crippen LogP contribution in [0, 0.1) is 0 Å². The monoisotopic (exact) mass is 1970 g/mol. The van der Waals surface area contributed by atoms with Gasteiger partial charge in [0.25, 0.3) is 0 Å². The molecule has 0 saturated carbocycles. The lowest BCUT2D eigenvalue weighted by Gasteiger charge is -2.31. The van der Waals surface area contributed by atoms with Crippen molar-refractivity contribution in [2.24, 2.45) is 15.4 Å². The fourth-order valence-electron chi connectivity index (χ4n) is 19.0. The Balaban J connectivity index is 0.000000174. The fraction of sp³-hybridized carbons (Fsp3) is 0.228. The average Bonchev–Trinajstić information content (AvgIpc) is 1.56. The molecule has 6 heterocycles. The van der Waals surface area contributed by atoms with Crippen LogP contribution in [0.25, 0.3) is 0 Å². The number of aliphatic carboxylic acids is 3. The highest BCUT2D eigenvalue weighted by Crippen LogP contribution is 2.56. The summed E-state index contributed by atoms with van der Waals surface area (Å²) in [6.45, 7) is 16.4. The molecule has 0 radical (unpaired) electrons. The number of hydrogen-bond acceptors (Lipinski definition) is 21. The average molecular weight is 1970 g/mol. The van der Waals surface area contributed by atoms with Crippen LogP contribution in [0.4, 0.5) is 51.2 Å². The second-order valence-corrected chi connectivity index (χ2v) is 45.0. The topological polar surface area (TPSA) is 483 Å². The molecule has 0 amide bonds. The number of benzene rings is 9. The molecule has 9 aromatic rings. The molecule has 3 atom stereocenters. The predicted molar refractivity (Wildman–Crippen MR) is 528 cm³/mol. The molecule has 0 fully saturated rings. The summed E-state index contributed by atoms with van der Waals surface area (Å²) in [5, 5.41) is 45.2. The van der Waals surface area contributed by atoms with Crippen molar-refractivity contribution >= 4 is 147 Å². The number of nitrogens with zero attached hydrogens (tertiary/aromatic N) is 6. The van der Waals surface area contributed by atoms with Crippen molar-refractivity contribution < 1.29 is 98.4 Å². The number of anilines is 4. The maximum absolute atomic E-state index is 12.2. The predicted octanol–water partition coefficient (Wildman–Crippen LogP) is 13.8. The van der Waals surface area contributed by atoms with Gasteiger partial charge in [-0.3, -0.25) is 9.59 Å². The molecule has 30 nitrogen and oxygen atoms in total. The Labute approximate surface area is 797 Å². The van der Waals surface area contributed by atoms with Crippen LogP contribution in [0.15, 0.2) is 341 Å². The first-order chi connectivity index (χ1) is 64.1. The maximum Gasteiger partial charge on any atom is 0.370 e. The van der Waals surface area contributed by atoms with Crippen LogP contribution >= 0.6 is 0 Å². The van der Waals surface area contributed by atoms with E-state index in [1.807, 2.05) is 198 Å². The van der Waals surface area contributed by atoms with Crippen LogP contribution in [0.1, 0.15) is 109 Å². The molecule has 0 aromatic heterocycles. The zero-order valence-corrected chi connectivity index (χ0v) is 81.1. The number of hydrogen-bond donors (Lipinski definition) is 6. The normalized spacial score (nSPS) is 20.3. The Morgan fingerprint density at radius 3 is 1.15 bits per heavy atom. The van der Waals surface area contributed by atoms with Gasteiger partial charge >= 0.3 is 17.9 Å². The largest absolute Gasteiger partial charge is 0.748 e. The van der Waals surface area contributed by atoms with E-state index in [-0.39, 0.29) is 46.0 Å². The molecular formula is C101H103N9O21S6. The number of carbonyl (C=O) groups is 3. The summed E-state index contributed by atoms with van der Waals surface area (Å²) in [7, 11) is -26.1. The number of nitrogens with two attached hydrogens (primary N) is 3. The zero-order chi connectivity index (χ0) is 99.8. The first kappa shape index (κ1) is 101. The van der Waals surface area contributed by atoms with E-state index in [1.165, 1.54) is 46.9 Å². The SMILES string of the molecule is CC1(C)C(/C=C/C=C/C=C2/N(CC(=O)O)c3ccc(S(N)(=O)=O)cc3C2(C)CCS(=O)(=O)[O-])=[N+](c2ccccc2)c2ccccc21.CC1(C)C(/C=C/C=C/C=C2/N(CC(=O)O)c3ccccc3C2(C)CCS(=O)(=O)[O-])=[N+](c2ccccc2)c2ccc(S(N)(=O)=O)cc21.CC1(C)C(C=CC=CC=C2N(c3ccccc3)c3ccc(S(N)(=O)=O)cc3C2(C)CS(=O)(=O)[O-])=[N+](CC(=O)O)c2ccccc21. The van der Waals surface area contributed by atoms with E-state index in [9.17, 15) is 93.9 Å². The van der Waals surface area contributed by atoms with Gasteiger partial charge < -0.3 is 43.7 Å². The molecular weight excluding hydrogens is 1870 g/mol. The van der Waals surface area contributed by atoms with E-state index in [2.05, 4.69) is 35.1 Å². The number of primary sulfonamides is 3. The quantitative estimate of drug-likeness (QED) is 0.0144. The van der Waals surface area contributed by atoms with Crippen LogP contribution in [0.3, 0.4) is 0 Å². The second-order valence-electron chi connectivity index (χ2n) is 35.8. The molecule has 3 unspecified atom stereocenters. The first-order valence-corrected chi connectivity index (χ1v) is 52.4. The van der Waals surface area contributed by atoms with Gasteiger partial charge in [0, 0.05) is 139 Å². The van der Waals surface area contributed by atoms with E-state index < -0.39 is 129 Å². The van der Waals surface area contributed by atoms with Gasteiger partial charge in [0.15, 0.2) is 17.1 Å². The minimum Gasteiger partial charge on any atom is -0.748 e. The highest BCUT2D eigenvalue weighted by atomic mass is 32.2. The molecule has 9 N–H and O–H groups in total. The Morgan fingerprint density at radius 1 is 0.350 bits per heavy atom. The van der Waals surface area contributed by atoms with Crippen molar-refractivity contribution in [2.75, 3.05) is 51.6 Å². The van der Waals surface area contributed by atoms with Crippen molar-refractivity contribution in [3.05, 3.63) is 360 Å². The molecule has 36 heteroatoms. The summed E-state index contributed by atoms with van der Waals surface area (Å²) in [4.78, 5) is 40.0. The molecule has 714 valence electrons. The van der Waals surface area contributed by atoms with E-state index in [0.29, 0.717) is 51.0 Å². The number of para-hydroxylation sites is 6. The van der Waals surface area contributed by atoms with Gasteiger partial charge in [-0.1, -0.05) is 164 Å². The molecule has 6 aliphatic rings. The Morgan fingerprint density at radius 2 is 0.701 bits per heavy atom. The van der Waals surface area contributed by atoms with Gasteiger partial charge in [0.2, 0.25) is 65.1 Å². The summed E-state index contributed by atoms with van der Waals surface area (Å²) in [6.07, 6.45) is 26.6. The van der Waals surface area contributed by atoms with Crippen LogP contribution in [-0.4, -0.2) is 156 Å². The highest BCUT2D eigenvalue weighted by molar-refractivity contribution is 7.89. The van der Waals surface area contributed by atoms with Gasteiger partial charge in [-0.15, -0.1) is 0 Å². The lowest BCUT2D eigenvalue weighted by atomic mass is 9.79. The molecule has 137 heavy (non-hydrogen) atoms. The zero-order valence-electron chi connectivity index (χ0n) is 76.2. The summed E-state index contributed by atoms with van der Waals surface area (Å²) < 4.78 is 186. The number of allylic oxidation sites excluding steroid dienone is 18. The minimum atomic E-state index is -4.79. The van der Waals surface area contributed by atoms with Crippen molar-refractivity contribution in [2.45, 2.75) is 122 Å². The van der Waals surface area contributed by atoms with Crippen LogP contribution in [0.2, 0.25) is 0 Å². The lowest BCUT2D eigenvalue weighted by Crippen LogP contribution is -2.34. The number of carboxylic acids is 3. The molecule has 0 aliphatic carbocycles. The van der Waals surface area contributed by atoms with E-state index in [0.717, 1.165) is 62.3 Å². The van der Waals surface area contributed by atoms with Crippen molar-refractivity contribution in [1.29, 1.82) is 0 Å². The standard InChI is InChI=1S/2C34H35N3O7S2.C33H33N3O7S2/c1-33(2)26-14-10-11-15-29(26)37(24-12-6-4-7-13-24)30(33)16-8-5-9-17-31-34(3,20-21-45(40,41)42)27-22-25(46(35,43)44)18-19-28(27)36(31)23-32(38)39;1-33(2)27-22-25(46(35,43)44)18-19-29(27)37(24-12-6-4-7-13-24)30(33)16-8-5-9-17-31-34(3,20-21-45(40,41)42)26-14-10-11-15-28(26)36(31)23-32(38)39;1-32(2)25-14-10-11-15-27(25)35(21-31(37)38)29(32)16-8-5-9-17-30-33(3,22-44(39,40)41)26-20-24(45(34,42)43)18-19-28(26)36(30)23-12-6-4-7-13-23/h2*4-19,22H,20-21,23H2,1-3H3,(H3-,35,38,39,40,41,42,43,44);4-20H,21-22H2,1-3H3,(H3-,34,37,38,39,40,41,42,43). The summed E-state index contributed by atoms with van der Waals surface area (Å²) >= 11 is 0. The van der Waals surface area contributed by atoms with Crippen LogP contribution in [-0.2, 0) is 107 Å². The molecule has 0 spiro atoms. The minimum absolute atomic E-state index is 0.0155. The van der Waals surface area contributed by atoms with Gasteiger partial charge in [0.05, 0.1) is 72.7 Å². The van der Waals surface area contributed by atoms with Gasteiger partial charge in [-0.2, -0.15) is 13.7 Å². The van der Waals surface area contributed by atoms with E-state index >= 15 is 0 Å². The van der Waals surface area contributed by atoms with Gasteiger partial charge in [-0.05, 0) is 177 Å². The van der Waals surface area contributed by atoms with Gasteiger partial charge in [-0.25, -0.2) is 70.7 Å². The maximum atomic E-state index is 12.2. The molecule has 0 bridgehead atoms. The third-order valence-electron chi connectivity index (χ3n) is 25.5. The lowest BCUT2D eigenvalue weighted by molar-refractivity contribution is -0.428. The highest BCUT2D eigenvalue weighted by Gasteiger charge is 2.52.